The van der Waals surface area contributed by atoms with Crippen LogP contribution in [0.5, 0.6) is 17.2 Å². The fourth-order valence-corrected chi connectivity index (χ4v) is 4.43. The average molecular weight is 456 g/mol. The highest BCUT2D eigenvalue weighted by molar-refractivity contribution is 8.15. The molecule has 0 aromatic heterocycles. The Morgan fingerprint density at radius 3 is 2.41 bits per heavy atom. The first-order valence-electron chi connectivity index (χ1n) is 10.5. The molecule has 0 N–H and O–H groups in total. The van der Waals surface area contributed by atoms with Gasteiger partial charge in [-0.3, -0.25) is 9.69 Å². The fraction of sp³-hybridized carbons (Fsp3) is 0.375. The van der Waals surface area contributed by atoms with Gasteiger partial charge < -0.3 is 14.2 Å². The van der Waals surface area contributed by atoms with Crippen molar-refractivity contribution < 1.29 is 19.0 Å². The molecule has 2 aromatic carbocycles. The lowest BCUT2D eigenvalue weighted by Gasteiger charge is -2.16. The van der Waals surface area contributed by atoms with E-state index in [2.05, 4.69) is 17.1 Å². The van der Waals surface area contributed by atoms with Crippen molar-refractivity contribution in [2.24, 2.45) is 10.2 Å². The van der Waals surface area contributed by atoms with Gasteiger partial charge in [0.15, 0.2) is 5.17 Å². The third-order valence-electron chi connectivity index (χ3n) is 5.12. The first kappa shape index (κ1) is 23.7. The molecule has 1 fully saturated rings. The SMILES string of the molecule is CCCC[C@H]1S/C(=N/N=C\c2ccc(OC)cc2OC)N(Cc2ccc(OC)cc2)C1=O. The van der Waals surface area contributed by atoms with E-state index in [1.54, 1.807) is 38.5 Å². The molecule has 0 saturated carbocycles. The van der Waals surface area contributed by atoms with Crippen LogP contribution in [0, 0.1) is 0 Å². The number of rotatable bonds is 10. The van der Waals surface area contributed by atoms with Gasteiger partial charge >= 0.3 is 0 Å². The summed E-state index contributed by atoms with van der Waals surface area (Å²) in [5, 5.41) is 9.14. The van der Waals surface area contributed by atoms with E-state index in [1.165, 1.54) is 11.8 Å². The number of benzene rings is 2. The molecule has 0 radical (unpaired) electrons. The molecule has 1 aliphatic rings. The number of amidine groups is 1. The van der Waals surface area contributed by atoms with Gasteiger partial charge in [0.2, 0.25) is 5.91 Å². The quantitative estimate of drug-likeness (QED) is 0.382. The number of carbonyl (C=O) groups excluding carboxylic acids is 1. The Kier molecular flexibility index (Phi) is 8.56. The molecule has 170 valence electrons. The summed E-state index contributed by atoms with van der Waals surface area (Å²) in [5.41, 5.74) is 1.78. The van der Waals surface area contributed by atoms with Crippen molar-refractivity contribution in [3.8, 4) is 17.2 Å². The predicted molar refractivity (Wildman–Crippen MR) is 129 cm³/mol. The minimum atomic E-state index is -0.127. The number of methoxy groups -OCH3 is 3. The van der Waals surface area contributed by atoms with Gasteiger partial charge in [-0.1, -0.05) is 43.7 Å². The molecule has 0 spiro atoms. The number of thioether (sulfide) groups is 1. The van der Waals surface area contributed by atoms with Crippen LogP contribution in [0.1, 0.15) is 37.3 Å². The van der Waals surface area contributed by atoms with E-state index in [4.69, 9.17) is 14.2 Å². The number of carbonyl (C=O) groups is 1. The zero-order valence-corrected chi connectivity index (χ0v) is 19.7. The van der Waals surface area contributed by atoms with Crippen LogP contribution in [0.15, 0.2) is 52.7 Å². The van der Waals surface area contributed by atoms with Crippen molar-refractivity contribution in [1.29, 1.82) is 0 Å². The van der Waals surface area contributed by atoms with Crippen LogP contribution in [0.3, 0.4) is 0 Å². The molecule has 32 heavy (non-hydrogen) atoms. The predicted octanol–water partition coefficient (Wildman–Crippen LogP) is 4.74. The van der Waals surface area contributed by atoms with Crippen LogP contribution < -0.4 is 14.2 Å². The maximum atomic E-state index is 13.1. The van der Waals surface area contributed by atoms with Crippen molar-refractivity contribution in [3.63, 3.8) is 0 Å². The molecule has 1 atom stereocenters. The van der Waals surface area contributed by atoms with E-state index in [0.717, 1.165) is 36.1 Å². The smallest absolute Gasteiger partial charge is 0.242 e. The van der Waals surface area contributed by atoms with Crippen molar-refractivity contribution >= 4 is 29.1 Å². The summed E-state index contributed by atoms with van der Waals surface area (Å²) in [5.74, 6) is 2.20. The van der Waals surface area contributed by atoms with Crippen LogP contribution in [0.4, 0.5) is 0 Å². The second-order valence-electron chi connectivity index (χ2n) is 7.26. The van der Waals surface area contributed by atoms with Gasteiger partial charge in [-0.2, -0.15) is 5.10 Å². The van der Waals surface area contributed by atoms with E-state index in [1.807, 2.05) is 36.4 Å². The number of ether oxygens (including phenoxy) is 3. The first-order valence-corrected chi connectivity index (χ1v) is 11.4. The number of unbranched alkanes of at least 4 members (excludes halogenated alkanes) is 1. The van der Waals surface area contributed by atoms with Gasteiger partial charge in [0.1, 0.15) is 17.2 Å². The van der Waals surface area contributed by atoms with Crippen LogP contribution in [-0.4, -0.2) is 48.8 Å². The van der Waals surface area contributed by atoms with Gasteiger partial charge in [0.05, 0.1) is 39.3 Å². The van der Waals surface area contributed by atoms with Crippen LogP contribution >= 0.6 is 11.8 Å². The van der Waals surface area contributed by atoms with E-state index in [-0.39, 0.29) is 11.2 Å². The summed E-state index contributed by atoms with van der Waals surface area (Å²) >= 11 is 1.48. The molecule has 0 aliphatic carbocycles. The van der Waals surface area contributed by atoms with Gasteiger partial charge in [0, 0.05) is 11.6 Å². The summed E-state index contributed by atoms with van der Waals surface area (Å²) in [6, 6.07) is 13.2. The lowest BCUT2D eigenvalue weighted by atomic mass is 10.1. The Morgan fingerprint density at radius 2 is 1.75 bits per heavy atom. The molecule has 1 amide bonds. The Hall–Kier alpha value is -3.00. The molecule has 1 aliphatic heterocycles. The Balaban J connectivity index is 1.82. The molecule has 0 bridgehead atoms. The molecule has 8 heteroatoms. The topological polar surface area (TPSA) is 72.7 Å². The van der Waals surface area contributed by atoms with Crippen LogP contribution in [0.2, 0.25) is 0 Å². The van der Waals surface area contributed by atoms with Gasteiger partial charge in [0.25, 0.3) is 0 Å². The highest BCUT2D eigenvalue weighted by Crippen LogP contribution is 2.32. The lowest BCUT2D eigenvalue weighted by Crippen LogP contribution is -2.31. The third-order valence-corrected chi connectivity index (χ3v) is 6.36. The van der Waals surface area contributed by atoms with Crippen molar-refractivity contribution in [2.75, 3.05) is 21.3 Å². The minimum absolute atomic E-state index is 0.0789. The summed E-state index contributed by atoms with van der Waals surface area (Å²) in [4.78, 5) is 14.8. The highest BCUT2D eigenvalue weighted by atomic mass is 32.2. The van der Waals surface area contributed by atoms with E-state index in [9.17, 15) is 4.79 Å². The number of hydrogen-bond donors (Lipinski definition) is 0. The second kappa shape index (κ2) is 11.6. The van der Waals surface area contributed by atoms with Crippen molar-refractivity contribution in [1.82, 2.24) is 4.90 Å². The molecule has 1 heterocycles. The van der Waals surface area contributed by atoms with Gasteiger partial charge in [-0.25, -0.2) is 0 Å². The van der Waals surface area contributed by atoms with Gasteiger partial charge in [-0.15, -0.1) is 5.10 Å². The largest absolute Gasteiger partial charge is 0.497 e. The summed E-state index contributed by atoms with van der Waals surface area (Å²) in [7, 11) is 4.84. The number of amides is 1. The lowest BCUT2D eigenvalue weighted by molar-refractivity contribution is -0.126. The summed E-state index contributed by atoms with van der Waals surface area (Å²) in [6.45, 7) is 2.57. The second-order valence-corrected chi connectivity index (χ2v) is 8.43. The van der Waals surface area contributed by atoms with Crippen LogP contribution in [-0.2, 0) is 11.3 Å². The maximum absolute atomic E-state index is 13.1. The van der Waals surface area contributed by atoms with E-state index < -0.39 is 0 Å². The van der Waals surface area contributed by atoms with Gasteiger partial charge in [-0.05, 0) is 36.2 Å². The molecule has 0 unspecified atom stereocenters. The van der Waals surface area contributed by atoms with Crippen LogP contribution in [0.25, 0.3) is 0 Å². The maximum Gasteiger partial charge on any atom is 0.242 e. The van der Waals surface area contributed by atoms with E-state index in [0.29, 0.717) is 23.2 Å². The Bertz CT molecular complexity index is 976. The normalized spacial score (nSPS) is 17.4. The summed E-state index contributed by atoms with van der Waals surface area (Å²) < 4.78 is 15.9. The molecule has 2 aromatic rings. The monoisotopic (exact) mass is 455 g/mol. The third kappa shape index (κ3) is 5.82. The van der Waals surface area contributed by atoms with Crippen molar-refractivity contribution in [3.05, 3.63) is 53.6 Å². The molecular weight excluding hydrogens is 426 g/mol. The zero-order chi connectivity index (χ0) is 22.9. The summed E-state index contributed by atoms with van der Waals surface area (Å²) in [6.07, 6.45) is 4.50. The molecular formula is C24H29N3O4S. The molecule has 3 rings (SSSR count). The number of nitrogens with zero attached hydrogens (tertiary/aromatic N) is 3. The van der Waals surface area contributed by atoms with E-state index >= 15 is 0 Å². The Labute approximate surface area is 193 Å². The first-order chi connectivity index (χ1) is 15.6. The highest BCUT2D eigenvalue weighted by Gasteiger charge is 2.37. The molecule has 1 saturated heterocycles. The standard InChI is InChI=1S/C24H29N3O4S/c1-5-6-7-22-23(28)27(16-17-8-11-19(29-2)12-9-17)24(32-22)26-25-15-18-10-13-20(30-3)14-21(18)31-4/h8-15,22H,5-7,16H2,1-4H3/b25-15-,26-24+/t22-/m1/s1. The minimum Gasteiger partial charge on any atom is -0.497 e. The molecule has 7 nitrogen and oxygen atoms in total. The Morgan fingerprint density at radius 1 is 1.03 bits per heavy atom. The van der Waals surface area contributed by atoms with Crippen molar-refractivity contribution in [2.45, 2.75) is 38.0 Å². The zero-order valence-electron chi connectivity index (χ0n) is 18.9. The average Bonchev–Trinajstić information content (AvgIpc) is 3.12. The fourth-order valence-electron chi connectivity index (χ4n) is 3.28. The number of hydrogen-bond acceptors (Lipinski definition) is 7.